The van der Waals surface area contributed by atoms with Gasteiger partial charge in [-0.1, -0.05) is 41.0 Å². The van der Waals surface area contributed by atoms with Crippen LogP contribution in [0.5, 0.6) is 17.2 Å². The molecule has 1 aromatic rings. The molecule has 0 saturated carbocycles. The molecule has 9 heteroatoms. The smallest absolute Gasteiger partial charge is 0.308 e. The second-order valence-electron chi connectivity index (χ2n) is 10.9. The predicted octanol–water partition coefficient (Wildman–Crippen LogP) is 4.69. The van der Waals surface area contributed by atoms with Crippen molar-refractivity contribution in [1.82, 2.24) is 9.96 Å². The SMILES string of the molecule is CCCON(CCC)C(=O)CN1C[C@H](c2cc(OC)c3c(c2)OCO3)C(C(=O)O)[C@@H]1CC(C)(C)CCC. The second kappa shape index (κ2) is 12.8. The standard InChI is InChI=1S/C28H44N2O7/c1-7-10-28(4,5)15-21-25(27(32)33)20(19-13-22(34-6)26-23(14-19)35-18-36-26)16-29(21)17-24(31)30(11-8-2)37-12-9-3/h13-14,20-21,25H,7-12,15-18H2,1-6H3,(H,32,33)/t20-,21+,25?/m1/s1. The van der Waals surface area contributed by atoms with Crippen LogP contribution in [0.3, 0.4) is 0 Å². The zero-order chi connectivity index (χ0) is 27.2. The monoisotopic (exact) mass is 520 g/mol. The highest BCUT2D eigenvalue weighted by molar-refractivity contribution is 5.78. The van der Waals surface area contributed by atoms with E-state index in [1.54, 1.807) is 7.11 Å². The Morgan fingerprint density at radius 3 is 2.54 bits per heavy atom. The van der Waals surface area contributed by atoms with Gasteiger partial charge in [-0.15, -0.1) is 0 Å². The van der Waals surface area contributed by atoms with E-state index < -0.39 is 11.9 Å². The highest BCUT2D eigenvalue weighted by atomic mass is 16.7. The first-order valence-corrected chi connectivity index (χ1v) is 13.5. The molecule has 2 heterocycles. The fourth-order valence-corrected chi connectivity index (χ4v) is 5.71. The number of carboxylic acid groups (broad SMARTS) is 1. The molecule has 2 aliphatic heterocycles. The van der Waals surface area contributed by atoms with Gasteiger partial charge in [-0.3, -0.25) is 19.3 Å². The van der Waals surface area contributed by atoms with E-state index in [-0.39, 0.29) is 36.6 Å². The molecule has 1 aromatic carbocycles. The molecule has 9 nitrogen and oxygen atoms in total. The minimum atomic E-state index is -0.860. The van der Waals surface area contributed by atoms with Crippen molar-refractivity contribution in [3.05, 3.63) is 17.7 Å². The number of fused-ring (bicyclic) bond motifs is 1. The Bertz CT molecular complexity index is 935. The Labute approximate surface area is 220 Å². The van der Waals surface area contributed by atoms with Gasteiger partial charge < -0.3 is 19.3 Å². The van der Waals surface area contributed by atoms with Crippen LogP contribution in [0.1, 0.15) is 78.2 Å². The van der Waals surface area contributed by atoms with Crippen molar-refractivity contribution in [3.8, 4) is 17.2 Å². The third-order valence-corrected chi connectivity index (χ3v) is 7.33. The maximum Gasteiger partial charge on any atom is 0.308 e. The number of likely N-dealkylation sites (tertiary alicyclic amines) is 1. The van der Waals surface area contributed by atoms with Crippen molar-refractivity contribution in [2.45, 2.75) is 78.7 Å². The lowest BCUT2D eigenvalue weighted by molar-refractivity contribution is -0.188. The minimum absolute atomic E-state index is 0.0717. The maximum absolute atomic E-state index is 13.4. The topological polar surface area (TPSA) is 97.8 Å². The molecular formula is C28H44N2O7. The van der Waals surface area contributed by atoms with Crippen LogP contribution in [0.4, 0.5) is 0 Å². The molecule has 0 bridgehead atoms. The molecule has 1 amide bonds. The normalized spacial score (nSPS) is 21.3. The Balaban J connectivity index is 1.97. The number of hydroxylamine groups is 2. The largest absolute Gasteiger partial charge is 0.493 e. The van der Waals surface area contributed by atoms with Crippen LogP contribution in [0.2, 0.25) is 0 Å². The van der Waals surface area contributed by atoms with Crippen molar-refractivity contribution in [2.75, 3.05) is 40.1 Å². The second-order valence-corrected chi connectivity index (χ2v) is 10.9. The van der Waals surface area contributed by atoms with Gasteiger partial charge in [-0.25, -0.2) is 5.06 Å². The molecule has 0 spiro atoms. The summed E-state index contributed by atoms with van der Waals surface area (Å²) in [6.45, 7) is 12.1. The molecular weight excluding hydrogens is 476 g/mol. The van der Waals surface area contributed by atoms with Crippen molar-refractivity contribution < 1.29 is 33.7 Å². The number of carbonyl (C=O) groups excluding carboxylic acids is 1. The number of rotatable bonds is 14. The Hall–Kier alpha value is -2.52. The Kier molecular flexibility index (Phi) is 10.1. The molecule has 0 aromatic heterocycles. The lowest BCUT2D eigenvalue weighted by atomic mass is 9.76. The van der Waals surface area contributed by atoms with Crippen LogP contribution in [0, 0.1) is 11.3 Å². The molecule has 2 aliphatic rings. The Morgan fingerprint density at radius 2 is 1.92 bits per heavy atom. The fraction of sp³-hybridized carbons (Fsp3) is 0.714. The average molecular weight is 521 g/mol. The van der Waals surface area contributed by atoms with Gasteiger partial charge >= 0.3 is 5.97 Å². The molecule has 1 fully saturated rings. The number of aliphatic carboxylic acids is 1. The molecule has 1 saturated heterocycles. The summed E-state index contributed by atoms with van der Waals surface area (Å²) in [7, 11) is 1.56. The highest BCUT2D eigenvalue weighted by Crippen LogP contribution is 2.48. The summed E-state index contributed by atoms with van der Waals surface area (Å²) in [4.78, 5) is 34.0. The Morgan fingerprint density at radius 1 is 1.16 bits per heavy atom. The summed E-state index contributed by atoms with van der Waals surface area (Å²) in [5.74, 6) is -0.417. The van der Waals surface area contributed by atoms with Gasteiger partial charge in [0.1, 0.15) is 0 Å². The molecule has 208 valence electrons. The van der Waals surface area contributed by atoms with Gasteiger partial charge in [-0.2, -0.15) is 0 Å². The summed E-state index contributed by atoms with van der Waals surface area (Å²) in [6, 6.07) is 3.40. The number of methoxy groups -OCH3 is 1. The third-order valence-electron chi connectivity index (χ3n) is 7.33. The first-order chi connectivity index (χ1) is 17.6. The highest BCUT2D eigenvalue weighted by Gasteiger charge is 2.49. The van der Waals surface area contributed by atoms with Crippen LogP contribution in [0.15, 0.2) is 12.1 Å². The van der Waals surface area contributed by atoms with Crippen LogP contribution in [0.25, 0.3) is 0 Å². The van der Waals surface area contributed by atoms with Crippen molar-refractivity contribution in [1.29, 1.82) is 0 Å². The number of carboxylic acids is 1. The van der Waals surface area contributed by atoms with Gasteiger partial charge in [-0.05, 0) is 48.8 Å². The van der Waals surface area contributed by atoms with E-state index in [1.165, 1.54) is 5.06 Å². The lowest BCUT2D eigenvalue weighted by Crippen LogP contribution is -2.45. The van der Waals surface area contributed by atoms with E-state index in [0.29, 0.717) is 43.4 Å². The van der Waals surface area contributed by atoms with Gasteiger partial charge in [0.05, 0.1) is 26.2 Å². The molecule has 0 aliphatic carbocycles. The van der Waals surface area contributed by atoms with E-state index in [2.05, 4.69) is 25.7 Å². The quantitative estimate of drug-likeness (QED) is 0.353. The molecule has 1 N–H and O–H groups in total. The summed E-state index contributed by atoms with van der Waals surface area (Å²) in [5.41, 5.74) is 0.743. The molecule has 3 rings (SSSR count). The number of hydrogen-bond donors (Lipinski definition) is 1. The van der Waals surface area contributed by atoms with Crippen molar-refractivity contribution in [2.24, 2.45) is 11.3 Å². The molecule has 0 radical (unpaired) electrons. The molecule has 37 heavy (non-hydrogen) atoms. The zero-order valence-corrected chi connectivity index (χ0v) is 23.2. The van der Waals surface area contributed by atoms with Crippen LogP contribution in [-0.2, 0) is 14.4 Å². The lowest BCUT2D eigenvalue weighted by Gasteiger charge is -2.35. The van der Waals surface area contributed by atoms with E-state index in [9.17, 15) is 14.7 Å². The van der Waals surface area contributed by atoms with Crippen molar-refractivity contribution in [3.63, 3.8) is 0 Å². The van der Waals surface area contributed by atoms with Crippen LogP contribution in [-0.4, -0.2) is 73.1 Å². The summed E-state index contributed by atoms with van der Waals surface area (Å²) in [5, 5.41) is 11.9. The maximum atomic E-state index is 13.4. The average Bonchev–Trinajstić information content (AvgIpc) is 3.45. The van der Waals surface area contributed by atoms with Gasteiger partial charge in [0, 0.05) is 25.0 Å². The number of carbonyl (C=O) groups is 2. The molecule has 1 unspecified atom stereocenters. The van der Waals surface area contributed by atoms with E-state index >= 15 is 0 Å². The summed E-state index contributed by atoms with van der Waals surface area (Å²) < 4.78 is 16.7. The predicted molar refractivity (Wildman–Crippen MR) is 140 cm³/mol. The van der Waals surface area contributed by atoms with Gasteiger partial charge in [0.2, 0.25) is 12.5 Å². The van der Waals surface area contributed by atoms with E-state index in [4.69, 9.17) is 19.0 Å². The molecule has 3 atom stereocenters. The number of hydrogen-bond acceptors (Lipinski definition) is 7. The number of benzene rings is 1. The number of ether oxygens (including phenoxy) is 3. The number of amides is 1. The van der Waals surface area contributed by atoms with Crippen LogP contribution >= 0.6 is 0 Å². The number of nitrogens with zero attached hydrogens (tertiary/aromatic N) is 2. The fourth-order valence-electron chi connectivity index (χ4n) is 5.71. The van der Waals surface area contributed by atoms with Gasteiger partial charge in [0.25, 0.3) is 5.91 Å². The first kappa shape index (κ1) is 29.0. The van der Waals surface area contributed by atoms with E-state index in [0.717, 1.165) is 31.2 Å². The third kappa shape index (κ3) is 6.87. The summed E-state index contributed by atoms with van der Waals surface area (Å²) >= 11 is 0. The summed E-state index contributed by atoms with van der Waals surface area (Å²) in [6.07, 6.45) is 4.24. The van der Waals surface area contributed by atoms with E-state index in [1.807, 2.05) is 26.0 Å². The van der Waals surface area contributed by atoms with Crippen molar-refractivity contribution >= 4 is 11.9 Å². The van der Waals surface area contributed by atoms with Gasteiger partial charge in [0.15, 0.2) is 11.5 Å². The minimum Gasteiger partial charge on any atom is -0.493 e. The van der Waals surface area contributed by atoms with Crippen LogP contribution < -0.4 is 14.2 Å². The zero-order valence-electron chi connectivity index (χ0n) is 23.2. The first-order valence-electron chi connectivity index (χ1n) is 13.5.